The molecular formula is C26H36Cl2N8O2. The van der Waals surface area contributed by atoms with E-state index in [1.165, 1.54) is 7.05 Å². The Balaban J connectivity index is 1.42. The van der Waals surface area contributed by atoms with Crippen molar-refractivity contribution in [3.05, 3.63) is 45.7 Å². The van der Waals surface area contributed by atoms with E-state index in [2.05, 4.69) is 42.2 Å². The van der Waals surface area contributed by atoms with Crippen molar-refractivity contribution >= 4 is 46.7 Å². The molecule has 2 aliphatic heterocycles. The predicted molar refractivity (Wildman–Crippen MR) is 151 cm³/mol. The van der Waals surface area contributed by atoms with E-state index in [1.54, 1.807) is 7.05 Å². The zero-order chi connectivity index (χ0) is 27.4. The van der Waals surface area contributed by atoms with E-state index in [0.29, 0.717) is 22.9 Å². The highest BCUT2D eigenvalue weighted by atomic mass is 35.5. The first-order chi connectivity index (χ1) is 18.3. The molecule has 38 heavy (non-hydrogen) atoms. The van der Waals surface area contributed by atoms with Gasteiger partial charge in [0.05, 0.1) is 0 Å². The number of aromatic nitrogens is 2. The Bertz CT molecular complexity index is 1140. The fourth-order valence-corrected chi connectivity index (χ4v) is 5.97. The minimum atomic E-state index is -0.416. The molecule has 1 aromatic heterocycles. The summed E-state index contributed by atoms with van der Waals surface area (Å²) in [4.78, 5) is 40.4. The number of carbonyl (C=O) groups excluding carboxylic acids is 2. The van der Waals surface area contributed by atoms with E-state index in [-0.39, 0.29) is 28.6 Å². The fourth-order valence-electron chi connectivity index (χ4n) is 5.60. The monoisotopic (exact) mass is 562 g/mol. The Morgan fingerprint density at radius 3 is 2.34 bits per heavy atom. The third-order valence-electron chi connectivity index (χ3n) is 7.62. The number of nitrogens with one attached hydrogen (secondary N) is 2. The van der Waals surface area contributed by atoms with Gasteiger partial charge >= 0.3 is 0 Å². The number of hydrogen-bond donors (Lipinski definition) is 3. The number of nitrogen functional groups attached to an aromatic ring is 1. The summed E-state index contributed by atoms with van der Waals surface area (Å²) in [6.45, 7) is 6.18. The van der Waals surface area contributed by atoms with Crippen molar-refractivity contribution in [2.24, 2.45) is 0 Å². The van der Waals surface area contributed by atoms with Gasteiger partial charge in [-0.2, -0.15) is 0 Å². The lowest BCUT2D eigenvalue weighted by Crippen LogP contribution is -2.59. The van der Waals surface area contributed by atoms with Crippen LogP contribution in [0.2, 0.25) is 10.2 Å². The van der Waals surface area contributed by atoms with E-state index in [0.717, 1.165) is 57.5 Å². The van der Waals surface area contributed by atoms with Gasteiger partial charge in [-0.3, -0.25) is 19.4 Å². The Labute approximate surface area is 233 Å². The number of likely N-dealkylation sites (tertiary alicyclic amines) is 1. The van der Waals surface area contributed by atoms with Gasteiger partial charge in [0.25, 0.3) is 5.91 Å². The van der Waals surface area contributed by atoms with Crippen molar-refractivity contribution in [2.45, 2.75) is 44.3 Å². The van der Waals surface area contributed by atoms with Crippen molar-refractivity contribution < 1.29 is 9.59 Å². The Morgan fingerprint density at radius 1 is 1.05 bits per heavy atom. The molecular weight excluding hydrogens is 527 g/mol. The molecule has 10 nitrogen and oxygen atoms in total. The van der Waals surface area contributed by atoms with Crippen LogP contribution in [0, 0.1) is 0 Å². The maximum absolute atomic E-state index is 12.8. The predicted octanol–water partition coefficient (Wildman–Crippen LogP) is 2.58. The number of carbonyl (C=O) groups is 2. The van der Waals surface area contributed by atoms with Gasteiger partial charge in [-0.1, -0.05) is 42.3 Å². The average molecular weight is 564 g/mol. The molecule has 2 amide bonds. The molecule has 0 unspecified atom stereocenters. The van der Waals surface area contributed by atoms with Crippen molar-refractivity contribution in [2.75, 3.05) is 57.5 Å². The summed E-state index contributed by atoms with van der Waals surface area (Å²) in [5, 5.41) is 6.17. The molecule has 1 aromatic carbocycles. The topological polar surface area (TPSA) is 120 Å². The molecule has 0 saturated carbocycles. The standard InChI is InChI=1S/C26H36Cl2N8O2/c1-4-18-15-35(24-22(28)32-20(23(29)33-24)25(37)30-2)13-14-36(18)19-9-11-34(12-10-19)21(26(38)31-3)16-5-7-17(27)8-6-16/h5-8,18-19,21H,4,9-15H2,1-3H3,(H2,29,33)(H,30,37)(H,31,38)/t18-,21+/m0/s1. The second-order valence-corrected chi connectivity index (χ2v) is 10.5. The highest BCUT2D eigenvalue weighted by Crippen LogP contribution is 2.32. The summed E-state index contributed by atoms with van der Waals surface area (Å²) >= 11 is 12.5. The first-order valence-electron chi connectivity index (χ1n) is 13.0. The number of halogens is 2. The molecule has 4 rings (SSSR count). The second kappa shape index (κ2) is 12.5. The lowest BCUT2D eigenvalue weighted by molar-refractivity contribution is -0.127. The lowest BCUT2D eigenvalue weighted by Gasteiger charge is -2.48. The highest BCUT2D eigenvalue weighted by Gasteiger charge is 2.37. The quantitative estimate of drug-likeness (QED) is 0.471. The Kier molecular flexibility index (Phi) is 9.30. The van der Waals surface area contributed by atoms with Crippen LogP contribution in [0.25, 0.3) is 0 Å². The van der Waals surface area contributed by atoms with Crippen LogP contribution in [-0.2, 0) is 4.79 Å². The molecule has 2 aliphatic rings. The number of benzene rings is 1. The SMILES string of the molecule is CC[C@H]1CN(c2nc(N)c(C(=O)NC)nc2Cl)CCN1C1CCN([C@@H](C(=O)NC)c2ccc(Cl)cc2)CC1. The summed E-state index contributed by atoms with van der Waals surface area (Å²) in [6.07, 6.45) is 2.93. The molecule has 4 N–H and O–H groups in total. The fraction of sp³-hybridized carbons (Fsp3) is 0.538. The first-order valence-corrected chi connectivity index (χ1v) is 13.8. The van der Waals surface area contributed by atoms with Gasteiger partial charge in [0, 0.05) is 63.9 Å². The van der Waals surface area contributed by atoms with Crippen molar-refractivity contribution in [3.63, 3.8) is 0 Å². The van der Waals surface area contributed by atoms with Crippen LogP contribution in [0.3, 0.4) is 0 Å². The molecule has 0 bridgehead atoms. The van der Waals surface area contributed by atoms with Gasteiger partial charge in [-0.05, 0) is 37.0 Å². The van der Waals surface area contributed by atoms with Crippen LogP contribution < -0.4 is 21.3 Å². The number of rotatable bonds is 7. The van der Waals surface area contributed by atoms with Crippen LogP contribution in [-0.4, -0.2) is 90.5 Å². The van der Waals surface area contributed by atoms with Gasteiger partial charge in [-0.25, -0.2) is 9.97 Å². The molecule has 2 aromatic rings. The number of nitrogens with two attached hydrogens (primary N) is 1. The average Bonchev–Trinajstić information content (AvgIpc) is 2.94. The van der Waals surface area contributed by atoms with Gasteiger partial charge in [0.15, 0.2) is 22.5 Å². The van der Waals surface area contributed by atoms with Crippen LogP contribution in [0.4, 0.5) is 11.6 Å². The second-order valence-electron chi connectivity index (χ2n) is 9.73. The molecule has 0 radical (unpaired) electrons. The molecule has 3 heterocycles. The molecule has 2 saturated heterocycles. The summed E-state index contributed by atoms with van der Waals surface area (Å²) in [5.74, 6) is 0.158. The summed E-state index contributed by atoms with van der Waals surface area (Å²) in [7, 11) is 3.19. The number of hydrogen-bond acceptors (Lipinski definition) is 8. The summed E-state index contributed by atoms with van der Waals surface area (Å²) in [5.41, 5.74) is 7.02. The smallest absolute Gasteiger partial charge is 0.273 e. The van der Waals surface area contributed by atoms with E-state index in [9.17, 15) is 9.59 Å². The zero-order valence-electron chi connectivity index (χ0n) is 22.1. The van der Waals surface area contributed by atoms with Crippen LogP contribution in [0.15, 0.2) is 24.3 Å². The van der Waals surface area contributed by atoms with Crippen LogP contribution in [0.1, 0.15) is 48.3 Å². The third-order valence-corrected chi connectivity index (χ3v) is 8.12. The molecule has 2 atom stereocenters. The number of piperidine rings is 1. The van der Waals surface area contributed by atoms with E-state index in [4.69, 9.17) is 28.9 Å². The van der Waals surface area contributed by atoms with Crippen molar-refractivity contribution in [1.82, 2.24) is 30.4 Å². The normalized spacial score (nSPS) is 20.2. The number of piperazine rings is 1. The maximum Gasteiger partial charge on any atom is 0.273 e. The van der Waals surface area contributed by atoms with Crippen LogP contribution in [0.5, 0.6) is 0 Å². The number of likely N-dealkylation sites (N-methyl/N-ethyl adjacent to an activating group) is 1. The zero-order valence-corrected chi connectivity index (χ0v) is 23.6. The lowest BCUT2D eigenvalue weighted by atomic mass is 9.95. The minimum absolute atomic E-state index is 0.00878. The van der Waals surface area contributed by atoms with E-state index < -0.39 is 5.91 Å². The van der Waals surface area contributed by atoms with Crippen molar-refractivity contribution in [3.8, 4) is 0 Å². The number of nitrogens with zero attached hydrogens (tertiary/aromatic N) is 5. The maximum atomic E-state index is 12.8. The molecule has 2 fully saturated rings. The molecule has 206 valence electrons. The first kappa shape index (κ1) is 28.4. The van der Waals surface area contributed by atoms with Gasteiger partial charge < -0.3 is 21.3 Å². The number of anilines is 2. The summed E-state index contributed by atoms with van der Waals surface area (Å²) < 4.78 is 0. The molecule has 0 aliphatic carbocycles. The Hall–Kier alpha value is -2.66. The van der Waals surface area contributed by atoms with Gasteiger partial charge in [0.1, 0.15) is 6.04 Å². The minimum Gasteiger partial charge on any atom is -0.382 e. The van der Waals surface area contributed by atoms with Gasteiger partial charge in [-0.15, -0.1) is 0 Å². The van der Waals surface area contributed by atoms with E-state index >= 15 is 0 Å². The van der Waals surface area contributed by atoms with Gasteiger partial charge in [0.2, 0.25) is 5.91 Å². The van der Waals surface area contributed by atoms with Crippen LogP contribution >= 0.6 is 23.2 Å². The largest absolute Gasteiger partial charge is 0.382 e. The number of amides is 2. The van der Waals surface area contributed by atoms with E-state index in [1.807, 2.05) is 24.3 Å². The molecule has 12 heteroatoms. The van der Waals surface area contributed by atoms with Crippen molar-refractivity contribution in [1.29, 1.82) is 0 Å². The summed E-state index contributed by atoms with van der Waals surface area (Å²) in [6, 6.07) is 7.94. The molecule has 0 spiro atoms. The third kappa shape index (κ3) is 5.98. The Morgan fingerprint density at radius 2 is 1.74 bits per heavy atom. The highest BCUT2D eigenvalue weighted by molar-refractivity contribution is 6.32.